The van der Waals surface area contributed by atoms with Gasteiger partial charge in [0.25, 0.3) is 20.1 Å². The monoisotopic (exact) mass is 823 g/mol. The second-order valence-corrected chi connectivity index (χ2v) is 16.4. The smallest absolute Gasteiger partial charge is 0.295 e. The zero-order chi connectivity index (χ0) is 40.7. The number of rotatable bonds is 12. The standard InChI is InChI=1S/C31H32F3N3O5S.C10H8O3S/c1-20-10-14-37(15-11-20)13-4-16-41-30-19-26-22(18-29(30)40-2)27(9-12-35-26)42-28-8-7-21(17-25(28)34)36-43(38,39)31-23(32)5-3-6-24(31)33;11-14(12,13)10-7-3-5-8-4-1-2-6-9(8)10/h3,5-9,12,17-20,36H,4,10-11,13-16H2,1-2H3;1-7H,(H,11,12,13). The molecule has 0 saturated carbocycles. The van der Waals surface area contributed by atoms with Gasteiger partial charge in [0.2, 0.25) is 0 Å². The van der Waals surface area contributed by atoms with Crippen LogP contribution < -0.4 is 18.9 Å². The number of pyridine rings is 1. The van der Waals surface area contributed by atoms with Crippen molar-refractivity contribution in [3.05, 3.63) is 121 Å². The van der Waals surface area contributed by atoms with Crippen LogP contribution in [0.15, 0.2) is 113 Å². The molecule has 0 aliphatic carbocycles. The molecule has 1 aliphatic heterocycles. The van der Waals surface area contributed by atoms with Gasteiger partial charge in [0.1, 0.15) is 22.3 Å². The molecule has 0 atom stereocenters. The zero-order valence-corrected chi connectivity index (χ0v) is 32.6. The quantitative estimate of drug-likeness (QED) is 0.0908. The van der Waals surface area contributed by atoms with Crippen molar-refractivity contribution in [3.63, 3.8) is 0 Å². The van der Waals surface area contributed by atoms with Crippen LogP contribution in [-0.4, -0.2) is 64.6 Å². The summed E-state index contributed by atoms with van der Waals surface area (Å²) < 4.78 is 119. The lowest BCUT2D eigenvalue weighted by atomic mass is 9.99. The van der Waals surface area contributed by atoms with Gasteiger partial charge in [0.05, 0.1) is 24.9 Å². The largest absolute Gasteiger partial charge is 0.493 e. The number of likely N-dealkylation sites (tertiary alicyclic amines) is 1. The molecule has 1 saturated heterocycles. The molecule has 7 rings (SSSR count). The van der Waals surface area contributed by atoms with Crippen molar-refractivity contribution in [2.75, 3.05) is 38.1 Å². The summed E-state index contributed by atoms with van der Waals surface area (Å²) >= 11 is 0. The van der Waals surface area contributed by atoms with Crippen molar-refractivity contribution in [2.24, 2.45) is 5.92 Å². The maximum atomic E-state index is 15.0. The highest BCUT2D eigenvalue weighted by molar-refractivity contribution is 7.92. The van der Waals surface area contributed by atoms with E-state index in [9.17, 15) is 25.6 Å². The van der Waals surface area contributed by atoms with E-state index in [1.807, 2.05) is 10.8 Å². The molecule has 1 fully saturated rings. The van der Waals surface area contributed by atoms with Gasteiger partial charge in [-0.25, -0.2) is 21.6 Å². The van der Waals surface area contributed by atoms with Crippen LogP contribution in [0.25, 0.3) is 21.7 Å². The average Bonchev–Trinajstić information content (AvgIpc) is 3.17. The molecule has 6 aromatic rings. The van der Waals surface area contributed by atoms with Crippen molar-refractivity contribution < 1.29 is 48.8 Å². The number of benzene rings is 5. The Kier molecular flexibility index (Phi) is 12.9. The highest BCUT2D eigenvalue weighted by atomic mass is 32.2. The topological polar surface area (TPSA) is 144 Å². The number of halogens is 3. The molecule has 11 nitrogen and oxygen atoms in total. The van der Waals surface area contributed by atoms with E-state index in [1.54, 1.807) is 48.5 Å². The van der Waals surface area contributed by atoms with Gasteiger partial charge in [-0.05, 0) is 86.1 Å². The number of ether oxygens (including phenoxy) is 3. The van der Waals surface area contributed by atoms with Gasteiger partial charge in [-0.3, -0.25) is 14.3 Å². The van der Waals surface area contributed by atoms with Gasteiger partial charge in [0.15, 0.2) is 28.0 Å². The first kappa shape index (κ1) is 41.2. The predicted molar refractivity (Wildman–Crippen MR) is 211 cm³/mol. The van der Waals surface area contributed by atoms with Crippen LogP contribution in [0, 0.1) is 23.4 Å². The lowest BCUT2D eigenvalue weighted by Gasteiger charge is -2.30. The Morgan fingerprint density at radius 3 is 2.19 bits per heavy atom. The molecule has 1 aliphatic rings. The Morgan fingerprint density at radius 2 is 1.49 bits per heavy atom. The number of nitrogens with zero attached hydrogens (tertiary/aromatic N) is 2. The highest BCUT2D eigenvalue weighted by Crippen LogP contribution is 2.38. The maximum Gasteiger partial charge on any atom is 0.295 e. The number of nitrogens with one attached hydrogen (secondary N) is 1. The van der Waals surface area contributed by atoms with Gasteiger partial charge in [0, 0.05) is 35.6 Å². The lowest BCUT2D eigenvalue weighted by molar-refractivity contribution is 0.176. The fourth-order valence-corrected chi connectivity index (χ4v) is 8.28. The summed E-state index contributed by atoms with van der Waals surface area (Å²) in [6, 6.07) is 22.7. The second kappa shape index (κ2) is 17.8. The number of piperidine rings is 1. The van der Waals surface area contributed by atoms with E-state index < -0.39 is 42.5 Å². The molecule has 2 heterocycles. The number of fused-ring (bicyclic) bond motifs is 2. The third-order valence-corrected chi connectivity index (χ3v) is 11.7. The van der Waals surface area contributed by atoms with Crippen molar-refractivity contribution >= 4 is 47.5 Å². The van der Waals surface area contributed by atoms with Crippen LogP contribution in [0.5, 0.6) is 23.0 Å². The first-order valence-electron chi connectivity index (χ1n) is 17.9. The minimum Gasteiger partial charge on any atom is -0.493 e. The van der Waals surface area contributed by atoms with Crippen molar-refractivity contribution in [1.82, 2.24) is 9.88 Å². The molecule has 2 N–H and O–H groups in total. The zero-order valence-electron chi connectivity index (χ0n) is 31.0. The van der Waals surface area contributed by atoms with Crippen molar-refractivity contribution in [1.29, 1.82) is 0 Å². The molecular weight excluding hydrogens is 784 g/mol. The van der Waals surface area contributed by atoms with Gasteiger partial charge in [-0.1, -0.05) is 49.4 Å². The van der Waals surface area contributed by atoms with E-state index in [-0.39, 0.29) is 22.1 Å². The number of anilines is 1. The summed E-state index contributed by atoms with van der Waals surface area (Å²) in [6.45, 7) is 5.98. The summed E-state index contributed by atoms with van der Waals surface area (Å²) in [5.74, 6) is -1.61. The Labute approximate surface area is 328 Å². The molecule has 1 aromatic heterocycles. The minimum atomic E-state index is -4.66. The molecule has 57 heavy (non-hydrogen) atoms. The Hall–Kier alpha value is -5.42. The van der Waals surface area contributed by atoms with E-state index in [2.05, 4.69) is 16.8 Å². The Morgan fingerprint density at radius 1 is 0.789 bits per heavy atom. The predicted octanol–water partition coefficient (Wildman–Crippen LogP) is 8.84. The number of hydrogen-bond acceptors (Lipinski definition) is 9. The number of sulfonamides is 1. The molecule has 0 unspecified atom stereocenters. The number of hydrogen-bond donors (Lipinski definition) is 2. The second-order valence-electron chi connectivity index (χ2n) is 13.4. The Balaban J connectivity index is 0.000000328. The maximum absolute atomic E-state index is 15.0. The molecular formula is C41H40F3N3O8S2. The van der Waals surface area contributed by atoms with Gasteiger partial charge in [-0.2, -0.15) is 8.42 Å². The SMILES string of the molecule is COc1cc2c(Oc3ccc(NS(=O)(=O)c4c(F)cccc4F)cc3F)ccnc2cc1OCCCN1CCC(C)CC1.O=S(=O)(O)c1cccc2ccccc12. The third-order valence-electron chi connectivity index (χ3n) is 9.36. The Bertz CT molecular complexity index is 2580. The molecule has 5 aromatic carbocycles. The molecule has 16 heteroatoms. The highest BCUT2D eigenvalue weighted by Gasteiger charge is 2.25. The van der Waals surface area contributed by atoms with E-state index in [0.29, 0.717) is 34.4 Å². The van der Waals surface area contributed by atoms with Crippen LogP contribution >= 0.6 is 0 Å². The molecule has 0 spiro atoms. The summed E-state index contributed by atoms with van der Waals surface area (Å²) in [5, 5.41) is 1.87. The van der Waals surface area contributed by atoms with Crippen LogP contribution in [0.2, 0.25) is 0 Å². The van der Waals surface area contributed by atoms with E-state index >= 15 is 4.39 Å². The molecule has 0 bridgehead atoms. The normalized spacial score (nSPS) is 13.9. The number of aromatic nitrogens is 1. The van der Waals surface area contributed by atoms with Gasteiger partial charge in [-0.15, -0.1) is 0 Å². The first-order valence-corrected chi connectivity index (χ1v) is 20.9. The van der Waals surface area contributed by atoms with E-state index in [4.69, 9.17) is 18.8 Å². The average molecular weight is 824 g/mol. The van der Waals surface area contributed by atoms with Crippen molar-refractivity contribution in [3.8, 4) is 23.0 Å². The fourth-order valence-electron chi connectivity index (χ4n) is 6.38. The van der Waals surface area contributed by atoms with Gasteiger partial charge >= 0.3 is 0 Å². The molecule has 300 valence electrons. The summed E-state index contributed by atoms with van der Waals surface area (Å²) in [4.78, 5) is 5.64. The fraction of sp³-hybridized carbons (Fsp3) is 0.244. The van der Waals surface area contributed by atoms with Crippen LogP contribution in [0.1, 0.15) is 26.2 Å². The van der Waals surface area contributed by atoms with Gasteiger partial charge < -0.3 is 19.1 Å². The minimum absolute atomic E-state index is 0.0457. The van der Waals surface area contributed by atoms with Crippen LogP contribution in [0.3, 0.4) is 0 Å². The van der Waals surface area contributed by atoms with Crippen molar-refractivity contribution in [2.45, 2.75) is 36.0 Å². The molecule has 0 amide bonds. The summed E-state index contributed by atoms with van der Waals surface area (Å²) in [7, 11) is -7.27. The third kappa shape index (κ3) is 10.1. The molecule has 0 radical (unpaired) electrons. The van der Waals surface area contributed by atoms with E-state index in [0.717, 1.165) is 61.6 Å². The first-order chi connectivity index (χ1) is 27.2. The lowest BCUT2D eigenvalue weighted by Crippen LogP contribution is -2.34. The van der Waals surface area contributed by atoms with Crippen LogP contribution in [0.4, 0.5) is 18.9 Å². The van der Waals surface area contributed by atoms with E-state index in [1.165, 1.54) is 44.3 Å². The summed E-state index contributed by atoms with van der Waals surface area (Å²) in [5.41, 5.74) is 0.292. The summed E-state index contributed by atoms with van der Waals surface area (Å²) in [6.07, 6.45) is 4.82. The number of methoxy groups -OCH3 is 1. The van der Waals surface area contributed by atoms with Crippen LogP contribution in [-0.2, 0) is 20.1 Å².